The summed E-state index contributed by atoms with van der Waals surface area (Å²) in [6.07, 6.45) is 16.1. The van der Waals surface area contributed by atoms with Crippen molar-refractivity contribution < 1.29 is 43.3 Å². The Balaban J connectivity index is 0.000000202. The smallest absolute Gasteiger partial charge is 0.408 e. The average molecular weight is 1040 g/mol. The molecule has 10 atom stereocenters. The van der Waals surface area contributed by atoms with E-state index in [0.717, 1.165) is 100 Å². The molecular weight excluding hydrogens is 949 g/mol. The minimum absolute atomic E-state index is 0.000486. The highest BCUT2D eigenvalue weighted by atomic mass is 16.6. The molecule has 416 valence electrons. The van der Waals surface area contributed by atoms with E-state index in [0.29, 0.717) is 17.9 Å². The number of aliphatic carboxylic acids is 1. The summed E-state index contributed by atoms with van der Waals surface area (Å²) in [5, 5.41) is 17.7. The molecule has 2 heterocycles. The van der Waals surface area contributed by atoms with Crippen LogP contribution in [-0.2, 0) is 41.9 Å². The number of amides is 5. The summed E-state index contributed by atoms with van der Waals surface area (Å²) in [6.45, 7) is 18.5. The zero-order valence-electron chi connectivity index (χ0n) is 46.5. The Labute approximate surface area is 447 Å². The van der Waals surface area contributed by atoms with Gasteiger partial charge in [0.05, 0.1) is 6.04 Å². The predicted molar refractivity (Wildman–Crippen MR) is 291 cm³/mol. The molecule has 0 aromatic heterocycles. The average Bonchev–Trinajstić information content (AvgIpc) is 4.20. The molecule has 15 nitrogen and oxygen atoms in total. The van der Waals surface area contributed by atoms with Crippen molar-refractivity contribution in [2.45, 2.75) is 208 Å². The molecule has 15 heteroatoms. The number of alkyl carbamates (subject to hydrolysis) is 2. The van der Waals surface area contributed by atoms with Crippen molar-refractivity contribution >= 4 is 35.9 Å². The number of hydrogen-bond donors (Lipinski definition) is 5. The number of nitrogens with one attached hydrogen (secondary N) is 3. The second kappa shape index (κ2) is 27.2. The summed E-state index contributed by atoms with van der Waals surface area (Å²) in [4.78, 5) is 80.0. The van der Waals surface area contributed by atoms with Crippen molar-refractivity contribution in [2.24, 2.45) is 52.1 Å². The molecule has 2 aromatic carbocycles. The molecule has 0 radical (unpaired) electrons. The van der Waals surface area contributed by atoms with Crippen molar-refractivity contribution in [3.63, 3.8) is 0 Å². The quantitative estimate of drug-likeness (QED) is 0.128. The van der Waals surface area contributed by atoms with Gasteiger partial charge in [-0.05, 0) is 123 Å². The van der Waals surface area contributed by atoms with Gasteiger partial charge in [0.15, 0.2) is 0 Å². The lowest BCUT2D eigenvalue weighted by molar-refractivity contribution is -0.141. The highest BCUT2D eigenvalue weighted by molar-refractivity contribution is 5.92. The first-order valence-corrected chi connectivity index (χ1v) is 28.5. The van der Waals surface area contributed by atoms with Gasteiger partial charge in [0, 0.05) is 25.2 Å². The van der Waals surface area contributed by atoms with Crippen LogP contribution in [0.2, 0.25) is 0 Å². The number of nitrogens with zero attached hydrogens (tertiary/aromatic N) is 2. The van der Waals surface area contributed by atoms with Crippen LogP contribution in [0.5, 0.6) is 0 Å². The van der Waals surface area contributed by atoms with E-state index in [9.17, 15) is 33.9 Å². The number of ether oxygens (including phenoxy) is 2. The normalized spacial score (nSPS) is 25.3. The summed E-state index contributed by atoms with van der Waals surface area (Å²) in [6, 6.07) is 16.8. The molecule has 6 fully saturated rings. The maximum atomic E-state index is 13.8. The van der Waals surface area contributed by atoms with Crippen LogP contribution in [0.25, 0.3) is 0 Å². The number of carbonyl (C=O) groups is 6. The highest BCUT2D eigenvalue weighted by Gasteiger charge is 2.48. The van der Waals surface area contributed by atoms with Gasteiger partial charge in [-0.1, -0.05) is 154 Å². The number of fused-ring (bicyclic) bond motifs is 2. The summed E-state index contributed by atoms with van der Waals surface area (Å²) in [5.41, 5.74) is 7.25. The number of rotatable bonds is 13. The number of benzene rings is 2. The number of likely N-dealkylation sites (tertiary alicyclic amines) is 2. The van der Waals surface area contributed by atoms with Crippen molar-refractivity contribution in [1.82, 2.24) is 25.8 Å². The lowest BCUT2D eigenvalue weighted by Gasteiger charge is -2.37. The van der Waals surface area contributed by atoms with Crippen molar-refractivity contribution in [1.29, 1.82) is 0 Å². The third-order valence-electron chi connectivity index (χ3n) is 17.4. The van der Waals surface area contributed by atoms with E-state index in [1.807, 2.05) is 112 Å². The Hall–Kier alpha value is -5.18. The predicted octanol–water partition coefficient (Wildman–Crippen LogP) is 9.99. The lowest BCUT2D eigenvalue weighted by Crippen LogP contribution is -2.60. The largest absolute Gasteiger partial charge is 0.480 e. The second-order valence-corrected chi connectivity index (χ2v) is 24.8. The number of nitrogens with two attached hydrogens (primary N) is 1. The van der Waals surface area contributed by atoms with Gasteiger partial charge in [0.2, 0.25) is 17.7 Å². The maximum Gasteiger partial charge on any atom is 0.408 e. The van der Waals surface area contributed by atoms with E-state index in [-0.39, 0.29) is 60.3 Å². The van der Waals surface area contributed by atoms with Crippen LogP contribution in [0.15, 0.2) is 60.7 Å². The summed E-state index contributed by atoms with van der Waals surface area (Å²) in [7, 11) is 0. The minimum Gasteiger partial charge on any atom is -0.480 e. The van der Waals surface area contributed by atoms with Gasteiger partial charge in [0.1, 0.15) is 31.3 Å². The fraction of sp³-hybridized carbons (Fsp3) is 0.700. The third-order valence-corrected chi connectivity index (χ3v) is 17.4. The van der Waals surface area contributed by atoms with E-state index in [2.05, 4.69) is 29.8 Å². The zero-order chi connectivity index (χ0) is 54.5. The summed E-state index contributed by atoms with van der Waals surface area (Å²) >= 11 is 0. The highest BCUT2D eigenvalue weighted by Crippen LogP contribution is 2.44. The third kappa shape index (κ3) is 16.4. The van der Waals surface area contributed by atoms with Crippen molar-refractivity contribution in [3.8, 4) is 0 Å². The van der Waals surface area contributed by atoms with Crippen LogP contribution in [0.1, 0.15) is 169 Å². The fourth-order valence-electron chi connectivity index (χ4n) is 12.8. The molecular formula is C60H92N6O9. The van der Waals surface area contributed by atoms with Crippen LogP contribution in [0.4, 0.5) is 9.59 Å². The fourth-order valence-corrected chi connectivity index (χ4v) is 12.8. The molecule has 0 unspecified atom stereocenters. The van der Waals surface area contributed by atoms with E-state index < -0.39 is 41.7 Å². The minimum atomic E-state index is -0.987. The van der Waals surface area contributed by atoms with Gasteiger partial charge in [-0.2, -0.15) is 0 Å². The Morgan fingerprint density at radius 1 is 0.560 bits per heavy atom. The number of hydrogen-bond acceptors (Lipinski definition) is 9. The molecule has 8 rings (SSSR count). The van der Waals surface area contributed by atoms with Gasteiger partial charge < -0.3 is 46.1 Å². The van der Waals surface area contributed by atoms with Crippen LogP contribution in [0.3, 0.4) is 0 Å². The zero-order valence-corrected chi connectivity index (χ0v) is 46.5. The molecule has 5 amide bonds. The van der Waals surface area contributed by atoms with Gasteiger partial charge in [-0.25, -0.2) is 14.4 Å². The van der Waals surface area contributed by atoms with Crippen LogP contribution < -0.4 is 21.7 Å². The molecule has 2 saturated heterocycles. The maximum absolute atomic E-state index is 13.8. The molecule has 0 bridgehead atoms. The molecule has 2 aromatic rings. The number of carbonyl (C=O) groups excluding carboxylic acids is 5. The van der Waals surface area contributed by atoms with Crippen LogP contribution in [-0.4, -0.2) is 100 Å². The molecule has 0 spiro atoms. The molecule has 2 aliphatic heterocycles. The Morgan fingerprint density at radius 2 is 0.973 bits per heavy atom. The Morgan fingerprint density at radius 3 is 1.37 bits per heavy atom. The van der Waals surface area contributed by atoms with E-state index in [4.69, 9.17) is 15.2 Å². The molecule has 6 aliphatic rings. The van der Waals surface area contributed by atoms with Crippen LogP contribution >= 0.6 is 0 Å². The van der Waals surface area contributed by atoms with Gasteiger partial charge in [0.25, 0.3) is 0 Å². The van der Waals surface area contributed by atoms with Crippen LogP contribution in [0, 0.1) is 46.3 Å². The van der Waals surface area contributed by atoms with Gasteiger partial charge in [-0.3, -0.25) is 14.4 Å². The SMILES string of the molecule is C[C@@H]1[C@H]2CCC[C@H]2CN1C(=O)[C@@H](N)C(C)(C)C.C[C@@H]1[C@H]2CCC[C@H]2CN1C(=O)[C@@H](NC(=O)[C@@H](NC(=O)OCc1ccccc1)C1CCCCC1)C(C)(C)C.O=C(N[C@H](C(=O)O)C1CCCCC1)OCc1ccccc1. The van der Waals surface area contributed by atoms with Gasteiger partial charge in [-0.15, -0.1) is 0 Å². The van der Waals surface area contributed by atoms with E-state index in [1.54, 1.807) is 0 Å². The van der Waals surface area contributed by atoms with E-state index in [1.165, 1.54) is 38.5 Å². The molecule has 6 N–H and O–H groups in total. The van der Waals surface area contributed by atoms with E-state index >= 15 is 0 Å². The Bertz CT molecular complexity index is 2170. The Kier molecular flexibility index (Phi) is 21.4. The lowest BCUT2D eigenvalue weighted by atomic mass is 9.82. The molecule has 4 saturated carbocycles. The first-order chi connectivity index (χ1) is 35.6. The summed E-state index contributed by atoms with van der Waals surface area (Å²) < 4.78 is 10.5. The molecule has 75 heavy (non-hydrogen) atoms. The van der Waals surface area contributed by atoms with Crippen molar-refractivity contribution in [2.75, 3.05) is 13.1 Å². The topological polar surface area (TPSA) is 210 Å². The standard InChI is InChI=1S/C30H45N3O4.C16H21NO4.C14H26N2O/c1-20-24-17-11-16-23(24)18-33(20)28(35)26(30(2,3)4)32-27(34)25(22-14-9-6-10-15-22)31-29(36)37-19-21-12-7-5-8-13-21;18-15(19)14(13-9-5-2-6-10-13)17-16(20)21-11-12-7-3-1-4-8-12;1-9-11-7-5-6-10(11)8-16(9)13(17)12(15)14(2,3)4/h5,7-8,12-13,20,22-26H,6,9-11,14-19H2,1-4H3,(H,31,36)(H,32,34);1,3-4,7-8,13-14H,2,5-6,9-11H2,(H,17,20)(H,18,19);9-12H,5-8,15H2,1-4H3/t20-,23+,24-,25+,26-;14-;9-,10+,11-,12-/m101/s1. The van der Waals surface area contributed by atoms with Crippen molar-refractivity contribution in [3.05, 3.63) is 71.8 Å². The first-order valence-electron chi connectivity index (χ1n) is 28.5. The first kappa shape index (κ1) is 59.1. The number of carboxylic acid groups (broad SMARTS) is 1. The van der Waals surface area contributed by atoms with Gasteiger partial charge >= 0.3 is 18.2 Å². The summed E-state index contributed by atoms with van der Waals surface area (Å²) in [5.74, 6) is 1.51. The number of carboxylic acids is 1. The molecule has 4 aliphatic carbocycles. The second-order valence-electron chi connectivity index (χ2n) is 24.8. The monoisotopic (exact) mass is 1040 g/mol.